The standard InChI is InChI=1S/C12H19NO/c1-9-6-5-7-11(12(9)14)8-10(2)13(3)4/h5-7,10,14H,8H2,1-4H3. The Hall–Kier alpha value is -1.02. The smallest absolute Gasteiger partial charge is 0.121 e. The van der Waals surface area contributed by atoms with Crippen LogP contribution in [0, 0.1) is 6.92 Å². The van der Waals surface area contributed by atoms with Crippen molar-refractivity contribution in [2.24, 2.45) is 0 Å². The molecule has 1 unspecified atom stereocenters. The molecule has 14 heavy (non-hydrogen) atoms. The fourth-order valence-electron chi connectivity index (χ4n) is 1.39. The average Bonchev–Trinajstić information content (AvgIpc) is 2.12. The molecule has 0 heterocycles. The molecule has 1 aromatic carbocycles. The van der Waals surface area contributed by atoms with E-state index in [1.54, 1.807) is 0 Å². The van der Waals surface area contributed by atoms with Gasteiger partial charge in [-0.3, -0.25) is 0 Å². The van der Waals surface area contributed by atoms with Gasteiger partial charge in [0, 0.05) is 6.04 Å². The van der Waals surface area contributed by atoms with E-state index in [4.69, 9.17) is 0 Å². The molecule has 0 spiro atoms. The summed E-state index contributed by atoms with van der Waals surface area (Å²) in [7, 11) is 4.11. The Balaban J connectivity index is 2.82. The number of phenols is 1. The van der Waals surface area contributed by atoms with Crippen LogP contribution in [-0.2, 0) is 6.42 Å². The number of para-hydroxylation sites is 1. The fourth-order valence-corrected chi connectivity index (χ4v) is 1.39. The van der Waals surface area contributed by atoms with Gasteiger partial charge in [0.1, 0.15) is 5.75 Å². The highest BCUT2D eigenvalue weighted by Gasteiger charge is 2.09. The lowest BCUT2D eigenvalue weighted by molar-refractivity contribution is 0.309. The number of rotatable bonds is 3. The van der Waals surface area contributed by atoms with Gasteiger partial charge in [0.15, 0.2) is 0 Å². The van der Waals surface area contributed by atoms with E-state index < -0.39 is 0 Å². The van der Waals surface area contributed by atoms with Gasteiger partial charge in [-0.05, 0) is 45.5 Å². The number of nitrogens with zero attached hydrogens (tertiary/aromatic N) is 1. The number of phenolic OH excluding ortho intramolecular Hbond substituents is 1. The van der Waals surface area contributed by atoms with Gasteiger partial charge < -0.3 is 10.0 Å². The molecule has 0 aliphatic rings. The second-order valence-electron chi connectivity index (χ2n) is 4.10. The summed E-state index contributed by atoms with van der Waals surface area (Å²) in [6.45, 7) is 4.08. The third kappa shape index (κ3) is 2.48. The van der Waals surface area contributed by atoms with Crippen molar-refractivity contribution in [2.45, 2.75) is 26.3 Å². The molecule has 0 fully saturated rings. The zero-order valence-corrected chi connectivity index (χ0v) is 9.41. The molecule has 0 aliphatic heterocycles. The van der Waals surface area contributed by atoms with Crippen LogP contribution in [0.1, 0.15) is 18.1 Å². The maximum Gasteiger partial charge on any atom is 0.121 e. The van der Waals surface area contributed by atoms with Gasteiger partial charge in [-0.2, -0.15) is 0 Å². The maximum absolute atomic E-state index is 9.81. The molecule has 0 bridgehead atoms. The van der Waals surface area contributed by atoms with Crippen molar-refractivity contribution < 1.29 is 5.11 Å². The van der Waals surface area contributed by atoms with Crippen LogP contribution in [-0.4, -0.2) is 30.1 Å². The molecule has 2 heteroatoms. The lowest BCUT2D eigenvalue weighted by Crippen LogP contribution is -2.26. The van der Waals surface area contributed by atoms with Crippen LogP contribution in [0.15, 0.2) is 18.2 Å². The van der Waals surface area contributed by atoms with Gasteiger partial charge >= 0.3 is 0 Å². The zero-order chi connectivity index (χ0) is 10.7. The van der Waals surface area contributed by atoms with Crippen LogP contribution in [0.2, 0.25) is 0 Å². The predicted octanol–water partition coefficient (Wildman–Crippen LogP) is 2.19. The molecule has 0 aliphatic carbocycles. The van der Waals surface area contributed by atoms with Gasteiger partial charge in [-0.1, -0.05) is 18.2 Å². The SMILES string of the molecule is Cc1cccc(CC(C)N(C)C)c1O. The molecule has 1 aromatic rings. The number of hydrogen-bond donors (Lipinski definition) is 1. The van der Waals surface area contributed by atoms with Crippen molar-refractivity contribution in [1.82, 2.24) is 4.90 Å². The van der Waals surface area contributed by atoms with Crippen LogP contribution < -0.4 is 0 Å². The topological polar surface area (TPSA) is 23.5 Å². The van der Waals surface area contributed by atoms with E-state index in [1.807, 2.05) is 25.1 Å². The minimum atomic E-state index is 0.446. The number of hydrogen-bond acceptors (Lipinski definition) is 2. The summed E-state index contributed by atoms with van der Waals surface area (Å²) < 4.78 is 0. The van der Waals surface area contributed by atoms with Crippen molar-refractivity contribution in [2.75, 3.05) is 14.1 Å². The van der Waals surface area contributed by atoms with E-state index in [9.17, 15) is 5.11 Å². The minimum Gasteiger partial charge on any atom is -0.507 e. The van der Waals surface area contributed by atoms with Gasteiger partial charge in [0.2, 0.25) is 0 Å². The molecule has 0 saturated carbocycles. The Labute approximate surface area is 86.2 Å². The number of benzene rings is 1. The molecule has 1 atom stereocenters. The summed E-state index contributed by atoms with van der Waals surface area (Å²) >= 11 is 0. The molecule has 0 saturated heterocycles. The Morgan fingerprint density at radius 1 is 1.36 bits per heavy atom. The molecular formula is C12H19NO. The first-order valence-corrected chi connectivity index (χ1v) is 4.96. The van der Waals surface area contributed by atoms with E-state index in [2.05, 4.69) is 25.9 Å². The Bertz CT molecular complexity index is 307. The van der Waals surface area contributed by atoms with Crippen LogP contribution in [0.3, 0.4) is 0 Å². The third-order valence-electron chi connectivity index (χ3n) is 2.72. The molecular weight excluding hydrogens is 174 g/mol. The quantitative estimate of drug-likeness (QED) is 0.795. The van der Waals surface area contributed by atoms with Crippen LogP contribution in [0.5, 0.6) is 5.75 Å². The highest BCUT2D eigenvalue weighted by molar-refractivity contribution is 5.39. The molecule has 78 valence electrons. The Morgan fingerprint density at radius 2 is 2.00 bits per heavy atom. The molecule has 0 aromatic heterocycles. The summed E-state index contributed by atoms with van der Waals surface area (Å²) in [5, 5.41) is 9.81. The van der Waals surface area contributed by atoms with Gasteiger partial charge in [-0.15, -0.1) is 0 Å². The van der Waals surface area contributed by atoms with Crippen molar-refractivity contribution in [1.29, 1.82) is 0 Å². The lowest BCUT2D eigenvalue weighted by Gasteiger charge is -2.20. The number of aryl methyl sites for hydroxylation is 1. The largest absolute Gasteiger partial charge is 0.507 e. The Kier molecular flexibility index (Phi) is 3.53. The molecule has 0 amide bonds. The average molecular weight is 193 g/mol. The maximum atomic E-state index is 9.81. The lowest BCUT2D eigenvalue weighted by atomic mass is 10.0. The van der Waals surface area contributed by atoms with E-state index in [0.29, 0.717) is 11.8 Å². The normalized spacial score (nSPS) is 13.2. The number of aromatic hydroxyl groups is 1. The third-order valence-corrected chi connectivity index (χ3v) is 2.72. The zero-order valence-electron chi connectivity index (χ0n) is 9.41. The predicted molar refractivity (Wildman–Crippen MR) is 59.7 cm³/mol. The first-order chi connectivity index (χ1) is 6.52. The highest BCUT2D eigenvalue weighted by atomic mass is 16.3. The Morgan fingerprint density at radius 3 is 2.57 bits per heavy atom. The van der Waals surface area contributed by atoms with Crippen LogP contribution in [0.25, 0.3) is 0 Å². The second kappa shape index (κ2) is 4.47. The van der Waals surface area contributed by atoms with Crippen molar-refractivity contribution in [3.63, 3.8) is 0 Å². The summed E-state index contributed by atoms with van der Waals surface area (Å²) in [6.07, 6.45) is 0.889. The van der Waals surface area contributed by atoms with Crippen LogP contribution in [0.4, 0.5) is 0 Å². The fraction of sp³-hybridized carbons (Fsp3) is 0.500. The van der Waals surface area contributed by atoms with E-state index in [1.165, 1.54) is 0 Å². The van der Waals surface area contributed by atoms with Crippen molar-refractivity contribution >= 4 is 0 Å². The van der Waals surface area contributed by atoms with E-state index in [-0.39, 0.29) is 0 Å². The summed E-state index contributed by atoms with van der Waals surface area (Å²) in [6, 6.07) is 6.36. The van der Waals surface area contributed by atoms with Crippen LogP contribution >= 0.6 is 0 Å². The van der Waals surface area contributed by atoms with Crippen molar-refractivity contribution in [3.8, 4) is 5.75 Å². The first kappa shape index (κ1) is 11.1. The number of likely N-dealkylation sites (N-methyl/N-ethyl adjacent to an activating group) is 1. The van der Waals surface area contributed by atoms with E-state index >= 15 is 0 Å². The minimum absolute atomic E-state index is 0.446. The van der Waals surface area contributed by atoms with E-state index in [0.717, 1.165) is 17.5 Å². The highest BCUT2D eigenvalue weighted by Crippen LogP contribution is 2.23. The van der Waals surface area contributed by atoms with Gasteiger partial charge in [0.05, 0.1) is 0 Å². The first-order valence-electron chi connectivity index (χ1n) is 4.96. The molecule has 1 rings (SSSR count). The van der Waals surface area contributed by atoms with Crippen molar-refractivity contribution in [3.05, 3.63) is 29.3 Å². The second-order valence-corrected chi connectivity index (χ2v) is 4.10. The summed E-state index contributed by atoms with van der Waals surface area (Å²) in [5.41, 5.74) is 1.99. The summed E-state index contributed by atoms with van der Waals surface area (Å²) in [4.78, 5) is 2.15. The molecule has 2 nitrogen and oxygen atoms in total. The van der Waals surface area contributed by atoms with Gasteiger partial charge in [0.25, 0.3) is 0 Å². The van der Waals surface area contributed by atoms with Gasteiger partial charge in [-0.25, -0.2) is 0 Å². The monoisotopic (exact) mass is 193 g/mol. The molecule has 0 radical (unpaired) electrons. The molecule has 1 N–H and O–H groups in total. The summed E-state index contributed by atoms with van der Waals surface area (Å²) in [5.74, 6) is 0.446.